The molecule has 0 spiro atoms. The molecule has 45 heavy (non-hydrogen) atoms. The Hall–Kier alpha value is -0.998. The predicted molar refractivity (Wildman–Crippen MR) is 200 cm³/mol. The Labute approximate surface area is 298 Å². The first-order valence-corrected chi connectivity index (χ1v) is 18.9. The van der Waals surface area contributed by atoms with Crippen molar-refractivity contribution in [1.82, 2.24) is 0 Å². The van der Waals surface area contributed by atoms with E-state index in [1.54, 1.807) is 27.6 Å². The molecule has 0 unspecified atom stereocenters. The van der Waals surface area contributed by atoms with Gasteiger partial charge in [-0.2, -0.15) is 35.9 Å². The summed E-state index contributed by atoms with van der Waals surface area (Å²) in [7, 11) is -0.120. The van der Waals surface area contributed by atoms with E-state index < -0.39 is 0 Å². The maximum Gasteiger partial charge on any atom is 2.00 e. The van der Waals surface area contributed by atoms with Gasteiger partial charge in [-0.15, -0.1) is 19.0 Å². The summed E-state index contributed by atoms with van der Waals surface area (Å²) in [4.78, 5) is 0. The number of benzene rings is 3. The number of hydrogen-bond donors (Lipinski definition) is 0. The number of nitrogens with one attached hydrogen (secondary N) is 1. The SMILES string of the molecule is CC(C)c1cc(C(C)C)c(-c2ccccc2P(C2CCCCC2)C2CCCCC2)c(C(C)C)c1.Cl.[NH-]CCc1[c-]cccc1.[Pd+2]. The topological polar surface area (TPSA) is 23.8 Å². The van der Waals surface area contributed by atoms with Crippen LogP contribution in [0.3, 0.4) is 0 Å². The minimum Gasteiger partial charge on any atom is -0.677 e. The summed E-state index contributed by atoms with van der Waals surface area (Å²) in [6, 6.07) is 25.7. The molecule has 0 bridgehead atoms. The van der Waals surface area contributed by atoms with Crippen molar-refractivity contribution >= 4 is 25.6 Å². The molecule has 3 aromatic rings. The zero-order chi connectivity index (χ0) is 30.8. The van der Waals surface area contributed by atoms with Gasteiger partial charge in [0.2, 0.25) is 0 Å². The summed E-state index contributed by atoms with van der Waals surface area (Å²) in [6.45, 7) is 14.8. The number of rotatable bonds is 9. The maximum atomic E-state index is 6.92. The minimum atomic E-state index is -0.120. The molecule has 4 heteroatoms. The van der Waals surface area contributed by atoms with E-state index in [0.717, 1.165) is 23.3 Å². The van der Waals surface area contributed by atoms with Gasteiger partial charge in [-0.3, -0.25) is 0 Å². The molecule has 2 saturated carbocycles. The molecule has 2 aliphatic rings. The Morgan fingerprint density at radius 1 is 0.711 bits per heavy atom. The molecule has 5 rings (SSSR count). The van der Waals surface area contributed by atoms with Crippen LogP contribution in [0.1, 0.15) is 146 Å². The van der Waals surface area contributed by atoms with Gasteiger partial charge in [0.15, 0.2) is 0 Å². The van der Waals surface area contributed by atoms with Crippen LogP contribution in [0.4, 0.5) is 0 Å². The number of halogens is 1. The summed E-state index contributed by atoms with van der Waals surface area (Å²) in [6.07, 6.45) is 15.4. The Kier molecular flexibility index (Phi) is 18.2. The van der Waals surface area contributed by atoms with Crippen molar-refractivity contribution in [2.24, 2.45) is 0 Å². The molecule has 0 radical (unpaired) electrons. The molecule has 2 aliphatic carbocycles. The first-order chi connectivity index (χ1) is 20.8. The van der Waals surface area contributed by atoms with Gasteiger partial charge in [-0.1, -0.05) is 131 Å². The van der Waals surface area contributed by atoms with Crippen molar-refractivity contribution in [2.45, 2.75) is 141 Å². The maximum absolute atomic E-state index is 6.92. The summed E-state index contributed by atoms with van der Waals surface area (Å²) in [5.74, 6) is 1.64. The minimum absolute atomic E-state index is 0. The smallest absolute Gasteiger partial charge is 0.677 e. The van der Waals surface area contributed by atoms with Crippen molar-refractivity contribution < 1.29 is 20.4 Å². The molecule has 1 N–H and O–H groups in total. The van der Waals surface area contributed by atoms with Crippen molar-refractivity contribution in [3.63, 3.8) is 0 Å². The molecule has 0 saturated heterocycles. The normalized spacial score (nSPS) is 15.9. The van der Waals surface area contributed by atoms with E-state index in [2.05, 4.69) is 84.0 Å². The Morgan fingerprint density at radius 3 is 1.67 bits per heavy atom. The van der Waals surface area contributed by atoms with E-state index in [1.807, 2.05) is 24.3 Å². The van der Waals surface area contributed by atoms with Crippen LogP contribution < -0.4 is 5.30 Å². The standard InChI is InChI=1S/C33H49P.C8H9N.ClH.Pd/c1-23(2)26-21-30(24(3)4)33(31(22-26)25(5)6)29-19-13-14-20-32(29)34(27-15-9-7-10-16-27)28-17-11-8-12-18-28;9-7-6-8-4-2-1-3-5-8;;/h13-14,19-25,27-28H,7-12,15-18H2,1-6H3;1-4,9H,6-7H2;1H;/q;-2;;+2. The van der Waals surface area contributed by atoms with E-state index in [0.29, 0.717) is 24.3 Å². The fourth-order valence-electron chi connectivity index (χ4n) is 7.31. The molecule has 0 heterocycles. The molecule has 0 aliphatic heterocycles. The average Bonchev–Trinajstić information content (AvgIpc) is 3.03. The zero-order valence-electron chi connectivity index (χ0n) is 28.8. The van der Waals surface area contributed by atoms with Gasteiger partial charge >= 0.3 is 20.4 Å². The van der Waals surface area contributed by atoms with Crippen LogP contribution in [0.15, 0.2) is 60.7 Å². The Balaban J connectivity index is 0.000000554. The van der Waals surface area contributed by atoms with E-state index in [1.165, 1.54) is 69.8 Å². The van der Waals surface area contributed by atoms with Gasteiger partial charge < -0.3 is 5.73 Å². The molecule has 2 fully saturated rings. The molecule has 0 aromatic heterocycles. The van der Waals surface area contributed by atoms with Gasteiger partial charge in [0.1, 0.15) is 0 Å². The Bertz CT molecular complexity index is 1200. The third kappa shape index (κ3) is 11.0. The van der Waals surface area contributed by atoms with Crippen LogP contribution in [-0.2, 0) is 26.8 Å². The van der Waals surface area contributed by atoms with Gasteiger partial charge in [-0.05, 0) is 87.9 Å². The van der Waals surface area contributed by atoms with Crippen molar-refractivity contribution in [3.8, 4) is 11.1 Å². The van der Waals surface area contributed by atoms with Crippen LogP contribution in [0.5, 0.6) is 0 Å². The van der Waals surface area contributed by atoms with Crippen molar-refractivity contribution in [2.75, 3.05) is 6.54 Å². The van der Waals surface area contributed by atoms with E-state index in [9.17, 15) is 0 Å². The molecule has 0 atom stereocenters. The summed E-state index contributed by atoms with van der Waals surface area (Å²) in [5.41, 5.74) is 17.8. The molecular weight excluding hydrogens is 679 g/mol. The van der Waals surface area contributed by atoms with Crippen molar-refractivity contribution in [3.05, 3.63) is 94.7 Å². The van der Waals surface area contributed by atoms with Crippen LogP contribution in [0.25, 0.3) is 16.9 Å². The first kappa shape index (κ1) is 40.2. The summed E-state index contributed by atoms with van der Waals surface area (Å²) in [5, 5.41) is 1.75. The second-order valence-corrected chi connectivity index (χ2v) is 16.7. The van der Waals surface area contributed by atoms with Crippen LogP contribution >= 0.6 is 20.3 Å². The fraction of sp³-hybridized carbons (Fsp3) is 0.561. The molecule has 0 amide bonds. The van der Waals surface area contributed by atoms with Gasteiger partial charge in [-0.25, -0.2) is 0 Å². The van der Waals surface area contributed by atoms with Crippen LogP contribution in [0, 0.1) is 6.07 Å². The largest absolute Gasteiger partial charge is 2.00 e. The van der Waals surface area contributed by atoms with Crippen LogP contribution in [0.2, 0.25) is 0 Å². The molecule has 1 nitrogen and oxygen atoms in total. The monoisotopic (exact) mass is 737 g/mol. The molecule has 250 valence electrons. The predicted octanol–water partition coefficient (Wildman–Crippen LogP) is 13.0. The second-order valence-electron chi connectivity index (χ2n) is 13.9. The van der Waals surface area contributed by atoms with E-state index in [4.69, 9.17) is 5.73 Å². The van der Waals surface area contributed by atoms with E-state index in [-0.39, 0.29) is 40.8 Å². The third-order valence-corrected chi connectivity index (χ3v) is 13.2. The zero-order valence-corrected chi connectivity index (χ0v) is 32.1. The fourth-order valence-corrected chi connectivity index (χ4v) is 11.3. The van der Waals surface area contributed by atoms with E-state index >= 15 is 0 Å². The van der Waals surface area contributed by atoms with Crippen LogP contribution in [-0.4, -0.2) is 17.9 Å². The van der Waals surface area contributed by atoms with Gasteiger partial charge in [0.05, 0.1) is 0 Å². The Morgan fingerprint density at radius 2 is 1.22 bits per heavy atom. The summed E-state index contributed by atoms with van der Waals surface area (Å²) < 4.78 is 0. The summed E-state index contributed by atoms with van der Waals surface area (Å²) >= 11 is 0. The van der Waals surface area contributed by atoms with Crippen molar-refractivity contribution in [1.29, 1.82) is 0 Å². The second kappa shape index (κ2) is 20.4. The van der Waals surface area contributed by atoms with Gasteiger partial charge in [0, 0.05) is 0 Å². The third-order valence-electron chi connectivity index (χ3n) is 9.69. The first-order valence-electron chi connectivity index (χ1n) is 17.5. The molecular formula is C41H59ClNPPd. The molecule has 3 aromatic carbocycles. The average molecular weight is 739 g/mol. The number of hydrogen-bond acceptors (Lipinski definition) is 0. The quantitative estimate of drug-likeness (QED) is 0.119. The van der Waals surface area contributed by atoms with Gasteiger partial charge in [0.25, 0.3) is 0 Å².